The minimum absolute atomic E-state index is 0.152. The first-order valence-corrected chi connectivity index (χ1v) is 14.3. The van der Waals surface area contributed by atoms with Gasteiger partial charge in [0.05, 0.1) is 16.7 Å². The second-order valence-electron chi connectivity index (χ2n) is 10.4. The summed E-state index contributed by atoms with van der Waals surface area (Å²) in [6.07, 6.45) is -5.82. The van der Waals surface area contributed by atoms with Crippen molar-refractivity contribution < 1.29 is 38.1 Å². The smallest absolute Gasteiger partial charge is 0.338 e. The van der Waals surface area contributed by atoms with Crippen LogP contribution in [0.3, 0.4) is 0 Å². The molecule has 1 aliphatic rings. The van der Waals surface area contributed by atoms with Gasteiger partial charge in [0, 0.05) is 14.1 Å². The molecular weight excluding hydrogens is 612 g/mol. The van der Waals surface area contributed by atoms with Gasteiger partial charge in [-0.3, -0.25) is 25.4 Å². The Morgan fingerprint density at radius 3 is 1.79 bits per heavy atom. The molecule has 1 aliphatic heterocycles. The molecule has 5 rings (SSSR count). The summed E-state index contributed by atoms with van der Waals surface area (Å²) in [5.74, 6) is -3.44. The van der Waals surface area contributed by atoms with E-state index in [0.717, 1.165) is 0 Å². The first-order chi connectivity index (χ1) is 22.7. The summed E-state index contributed by atoms with van der Waals surface area (Å²) in [5.41, 5.74) is 4.57. The number of benzene rings is 3. The Morgan fingerprint density at radius 1 is 0.766 bits per heavy atom. The summed E-state index contributed by atoms with van der Waals surface area (Å²) in [4.78, 5) is 69.2. The maximum absolute atomic E-state index is 13.5. The van der Waals surface area contributed by atoms with Gasteiger partial charge in [0.1, 0.15) is 12.7 Å². The van der Waals surface area contributed by atoms with Crippen molar-refractivity contribution in [3.8, 4) is 0 Å². The standard InChI is InChI=1S/C32H30N6O9/c1-38(2)32-33-28(40)26(35-37-32)34-36-27(39)25-24(47-31(43)21-16-10-5-11-17-21)23(46-30(42)20-14-8-4-9-15-20)22(45-25)18-44-29(41)19-12-6-3-7-13-19/h3-17,22-25H,18H2,1-2H3,(H,34,35)(H,36,39)(H,33,37,40)/t22-,23-,24-,25-/m1/s1. The van der Waals surface area contributed by atoms with Crippen LogP contribution in [0.2, 0.25) is 0 Å². The van der Waals surface area contributed by atoms with Crippen LogP contribution in [0.25, 0.3) is 0 Å². The minimum Gasteiger partial charge on any atom is -0.459 e. The number of amides is 1. The Hall–Kier alpha value is -6.09. The van der Waals surface area contributed by atoms with Gasteiger partial charge in [-0.2, -0.15) is 0 Å². The Bertz CT molecular complexity index is 1770. The van der Waals surface area contributed by atoms with E-state index in [9.17, 15) is 24.0 Å². The van der Waals surface area contributed by atoms with E-state index in [1.54, 1.807) is 80.8 Å². The largest absolute Gasteiger partial charge is 0.459 e. The normalized spacial score (nSPS) is 18.4. The van der Waals surface area contributed by atoms with Crippen LogP contribution in [0.15, 0.2) is 95.8 Å². The summed E-state index contributed by atoms with van der Waals surface area (Å²) in [7, 11) is 3.30. The maximum Gasteiger partial charge on any atom is 0.338 e. The molecule has 15 heteroatoms. The molecule has 1 aromatic heterocycles. The number of aromatic nitrogens is 3. The highest BCUT2D eigenvalue weighted by molar-refractivity contribution is 5.92. The van der Waals surface area contributed by atoms with Crippen LogP contribution in [-0.2, 0) is 23.7 Å². The number of anilines is 2. The fourth-order valence-corrected chi connectivity index (χ4v) is 4.49. The van der Waals surface area contributed by atoms with Gasteiger partial charge in [0.15, 0.2) is 18.3 Å². The molecule has 3 N–H and O–H groups in total. The van der Waals surface area contributed by atoms with E-state index in [4.69, 9.17) is 18.9 Å². The number of nitrogens with one attached hydrogen (secondary N) is 3. The van der Waals surface area contributed by atoms with Crippen LogP contribution < -0.4 is 21.3 Å². The van der Waals surface area contributed by atoms with Gasteiger partial charge in [-0.15, -0.1) is 10.2 Å². The van der Waals surface area contributed by atoms with E-state index in [2.05, 4.69) is 26.0 Å². The molecule has 15 nitrogen and oxygen atoms in total. The molecule has 4 aromatic rings. The molecule has 0 saturated carbocycles. The van der Waals surface area contributed by atoms with E-state index >= 15 is 0 Å². The highest BCUT2D eigenvalue weighted by Crippen LogP contribution is 2.29. The van der Waals surface area contributed by atoms with Crippen LogP contribution >= 0.6 is 0 Å². The SMILES string of the molecule is CN(C)c1nnc(NNC(=O)[C@@H]2O[C@H](COC(=O)c3ccccc3)[C@@H](OC(=O)c3ccccc3)[C@H]2OC(=O)c2ccccc2)c(=O)[nH]1. The van der Waals surface area contributed by atoms with E-state index in [-0.39, 0.29) is 28.5 Å². The second kappa shape index (κ2) is 14.8. The number of hydrazine groups is 1. The lowest BCUT2D eigenvalue weighted by molar-refractivity contribution is -0.136. The van der Waals surface area contributed by atoms with Crippen molar-refractivity contribution in [1.29, 1.82) is 0 Å². The van der Waals surface area contributed by atoms with Crippen LogP contribution in [0.1, 0.15) is 31.1 Å². The van der Waals surface area contributed by atoms with Crippen molar-refractivity contribution >= 4 is 35.6 Å². The fraction of sp³-hybridized carbons (Fsp3) is 0.219. The van der Waals surface area contributed by atoms with E-state index in [0.29, 0.717) is 0 Å². The third-order valence-corrected chi connectivity index (χ3v) is 6.87. The number of ether oxygens (including phenoxy) is 4. The molecule has 0 unspecified atom stereocenters. The van der Waals surface area contributed by atoms with E-state index < -0.39 is 60.4 Å². The average Bonchev–Trinajstić information content (AvgIpc) is 3.43. The Balaban J connectivity index is 1.42. The number of rotatable bonds is 11. The zero-order valence-electron chi connectivity index (χ0n) is 25.2. The molecule has 3 aromatic carbocycles. The van der Waals surface area contributed by atoms with E-state index in [1.165, 1.54) is 29.2 Å². The highest BCUT2D eigenvalue weighted by atomic mass is 16.7. The quantitative estimate of drug-likeness (QED) is 0.122. The summed E-state index contributed by atoms with van der Waals surface area (Å²) in [6.45, 7) is -0.478. The number of carbonyl (C=O) groups excluding carboxylic acids is 4. The number of H-pyrrole nitrogens is 1. The van der Waals surface area contributed by atoms with Crippen molar-refractivity contribution in [2.75, 3.05) is 31.0 Å². The molecule has 2 heterocycles. The number of hydrogen-bond donors (Lipinski definition) is 3. The van der Waals surface area contributed by atoms with Gasteiger partial charge < -0.3 is 23.8 Å². The molecule has 1 fully saturated rings. The molecule has 0 aliphatic carbocycles. The first-order valence-electron chi connectivity index (χ1n) is 14.3. The average molecular weight is 643 g/mol. The summed E-state index contributed by atoms with van der Waals surface area (Å²) < 4.78 is 23.0. The maximum atomic E-state index is 13.5. The van der Waals surface area contributed by atoms with Gasteiger partial charge in [-0.1, -0.05) is 54.6 Å². The van der Waals surface area contributed by atoms with Crippen LogP contribution in [-0.4, -0.2) is 84.1 Å². The third kappa shape index (κ3) is 7.96. The van der Waals surface area contributed by atoms with Crippen LogP contribution in [0, 0.1) is 0 Å². The predicted octanol–water partition coefficient (Wildman–Crippen LogP) is 1.75. The predicted molar refractivity (Wildman–Crippen MR) is 165 cm³/mol. The third-order valence-electron chi connectivity index (χ3n) is 6.87. The zero-order chi connectivity index (χ0) is 33.3. The number of esters is 3. The first kappa shape index (κ1) is 32.3. The molecule has 1 amide bonds. The molecule has 0 spiro atoms. The highest BCUT2D eigenvalue weighted by Gasteiger charge is 2.53. The zero-order valence-corrected chi connectivity index (χ0v) is 25.2. The lowest BCUT2D eigenvalue weighted by atomic mass is 10.1. The summed E-state index contributed by atoms with van der Waals surface area (Å²) in [5, 5.41) is 7.63. The Kier molecular flexibility index (Phi) is 10.2. The molecule has 1 saturated heterocycles. The number of nitrogens with zero attached hydrogens (tertiary/aromatic N) is 3. The second-order valence-corrected chi connectivity index (χ2v) is 10.4. The molecular formula is C32H30N6O9. The van der Waals surface area contributed by atoms with Crippen LogP contribution in [0.5, 0.6) is 0 Å². The molecule has 47 heavy (non-hydrogen) atoms. The monoisotopic (exact) mass is 642 g/mol. The van der Waals surface area contributed by atoms with Gasteiger partial charge >= 0.3 is 17.9 Å². The number of carbonyl (C=O) groups is 4. The molecule has 0 bridgehead atoms. The van der Waals surface area contributed by atoms with Crippen molar-refractivity contribution in [3.05, 3.63) is 118 Å². The van der Waals surface area contributed by atoms with Crippen molar-refractivity contribution in [2.24, 2.45) is 0 Å². The van der Waals surface area contributed by atoms with E-state index in [1.807, 2.05) is 0 Å². The number of aromatic amines is 1. The number of hydrogen-bond acceptors (Lipinski definition) is 13. The fourth-order valence-electron chi connectivity index (χ4n) is 4.49. The Morgan fingerprint density at radius 2 is 1.28 bits per heavy atom. The minimum atomic E-state index is -1.61. The van der Waals surface area contributed by atoms with Crippen molar-refractivity contribution in [3.63, 3.8) is 0 Å². The summed E-state index contributed by atoms with van der Waals surface area (Å²) in [6, 6.07) is 24.1. The summed E-state index contributed by atoms with van der Waals surface area (Å²) >= 11 is 0. The molecule has 4 atom stereocenters. The topological polar surface area (TPSA) is 191 Å². The molecule has 0 radical (unpaired) electrons. The van der Waals surface area contributed by atoms with Crippen LogP contribution in [0.4, 0.5) is 11.8 Å². The van der Waals surface area contributed by atoms with Gasteiger partial charge in [-0.05, 0) is 36.4 Å². The van der Waals surface area contributed by atoms with Crippen molar-refractivity contribution in [1.82, 2.24) is 20.6 Å². The Labute approximate surface area is 267 Å². The van der Waals surface area contributed by atoms with Gasteiger partial charge in [-0.25, -0.2) is 14.4 Å². The van der Waals surface area contributed by atoms with Gasteiger partial charge in [0.25, 0.3) is 11.5 Å². The van der Waals surface area contributed by atoms with Gasteiger partial charge in [0.2, 0.25) is 11.8 Å². The lowest BCUT2D eigenvalue weighted by Gasteiger charge is -2.24. The molecule has 242 valence electrons. The van der Waals surface area contributed by atoms with Crippen molar-refractivity contribution in [2.45, 2.75) is 24.4 Å². The lowest BCUT2D eigenvalue weighted by Crippen LogP contribution is -2.48.